The molecule has 60 valence electrons. The molecule has 1 heterocycles. The second kappa shape index (κ2) is 3.88. The second-order valence-electron chi connectivity index (χ2n) is 2.50. The first-order valence-corrected chi connectivity index (χ1v) is 3.56. The number of nitrogens with two attached hydrogens (primary N) is 1. The molecule has 4 nitrogen and oxygen atoms in total. The Hall–Kier alpha value is -0.160. The number of nitrogens with one attached hydrogen (secondary N) is 1. The van der Waals surface area contributed by atoms with Gasteiger partial charge in [-0.1, -0.05) is 0 Å². The van der Waals surface area contributed by atoms with Crippen LogP contribution in [0.1, 0.15) is 12.8 Å². The van der Waals surface area contributed by atoms with E-state index in [4.69, 9.17) is 15.6 Å². The largest absolute Gasteiger partial charge is 0.381 e. The molecule has 0 aromatic rings. The molecule has 4 N–H and O–H groups in total. The highest BCUT2D eigenvalue weighted by molar-refractivity contribution is 4.69. The van der Waals surface area contributed by atoms with Gasteiger partial charge in [-0.3, -0.25) is 11.1 Å². The summed E-state index contributed by atoms with van der Waals surface area (Å²) in [5.74, 6) is 0. The number of hydrogen-bond acceptors (Lipinski definition) is 4. The lowest BCUT2D eigenvalue weighted by atomic mass is 10.1. The fourth-order valence-corrected chi connectivity index (χ4v) is 1.11. The van der Waals surface area contributed by atoms with E-state index in [0.29, 0.717) is 6.04 Å². The lowest BCUT2D eigenvalue weighted by Crippen LogP contribution is -2.46. The van der Waals surface area contributed by atoms with Crippen LogP contribution in [-0.4, -0.2) is 30.7 Å². The Morgan fingerprint density at radius 3 is 2.60 bits per heavy atom. The van der Waals surface area contributed by atoms with Gasteiger partial charge in [0.25, 0.3) is 0 Å². The summed E-state index contributed by atoms with van der Waals surface area (Å²) in [5.41, 5.74) is 5.13. The minimum absolute atomic E-state index is 0.328. The Kier molecular flexibility index (Phi) is 3.08. The normalized spacial score (nSPS) is 24.6. The van der Waals surface area contributed by atoms with Crippen LogP contribution in [0.15, 0.2) is 0 Å². The fourth-order valence-electron chi connectivity index (χ4n) is 1.11. The van der Waals surface area contributed by atoms with E-state index in [-0.39, 0.29) is 0 Å². The van der Waals surface area contributed by atoms with Gasteiger partial charge in [-0.2, -0.15) is 0 Å². The first-order valence-electron chi connectivity index (χ1n) is 3.56. The minimum atomic E-state index is -0.886. The van der Waals surface area contributed by atoms with Crippen molar-refractivity contribution in [3.8, 4) is 0 Å². The average Bonchev–Trinajstić information content (AvgIpc) is 1.88. The lowest BCUT2D eigenvalue weighted by Gasteiger charge is -2.24. The molecule has 1 unspecified atom stereocenters. The fraction of sp³-hybridized carbons (Fsp3) is 1.00. The van der Waals surface area contributed by atoms with Crippen LogP contribution in [0, 0.1) is 0 Å². The third-order valence-electron chi connectivity index (χ3n) is 1.63. The molecule has 4 heteroatoms. The van der Waals surface area contributed by atoms with Crippen molar-refractivity contribution in [3.05, 3.63) is 0 Å². The zero-order chi connectivity index (χ0) is 7.40. The summed E-state index contributed by atoms with van der Waals surface area (Å²) in [5, 5.41) is 11.6. The van der Waals surface area contributed by atoms with Crippen molar-refractivity contribution < 1.29 is 9.84 Å². The van der Waals surface area contributed by atoms with E-state index in [1.54, 1.807) is 0 Å². The molecule has 10 heavy (non-hydrogen) atoms. The zero-order valence-electron chi connectivity index (χ0n) is 5.92. The van der Waals surface area contributed by atoms with Crippen LogP contribution in [0.25, 0.3) is 0 Å². The van der Waals surface area contributed by atoms with Gasteiger partial charge in [0, 0.05) is 19.3 Å². The Bertz CT molecular complexity index is 91.7. The van der Waals surface area contributed by atoms with Gasteiger partial charge < -0.3 is 9.84 Å². The summed E-state index contributed by atoms with van der Waals surface area (Å²) in [4.78, 5) is 0. The summed E-state index contributed by atoms with van der Waals surface area (Å²) in [6, 6.07) is 0.328. The first kappa shape index (κ1) is 7.94. The van der Waals surface area contributed by atoms with Gasteiger partial charge in [-0.15, -0.1) is 0 Å². The van der Waals surface area contributed by atoms with Crippen LogP contribution in [0.5, 0.6) is 0 Å². The molecule has 1 fully saturated rings. The molecule has 1 atom stereocenters. The maximum Gasteiger partial charge on any atom is 0.158 e. The molecule has 0 spiro atoms. The number of ether oxygens (including phenoxy) is 1. The third kappa shape index (κ3) is 2.62. The van der Waals surface area contributed by atoms with E-state index in [2.05, 4.69) is 5.32 Å². The Morgan fingerprint density at radius 2 is 2.10 bits per heavy atom. The predicted molar refractivity (Wildman–Crippen MR) is 37.2 cm³/mol. The van der Waals surface area contributed by atoms with Crippen LogP contribution in [-0.2, 0) is 4.74 Å². The second-order valence-corrected chi connectivity index (χ2v) is 2.50. The maximum atomic E-state index is 8.73. The predicted octanol–water partition coefficient (Wildman–Crippen LogP) is -1.01. The van der Waals surface area contributed by atoms with E-state index in [1.807, 2.05) is 0 Å². The highest BCUT2D eigenvalue weighted by Gasteiger charge is 2.13. The zero-order valence-corrected chi connectivity index (χ0v) is 5.92. The van der Waals surface area contributed by atoms with Crippen LogP contribution >= 0.6 is 0 Å². The molecule has 1 rings (SSSR count). The van der Waals surface area contributed by atoms with Crippen LogP contribution in [0.4, 0.5) is 0 Å². The summed E-state index contributed by atoms with van der Waals surface area (Å²) in [6.45, 7) is 1.54. The smallest absolute Gasteiger partial charge is 0.158 e. The summed E-state index contributed by atoms with van der Waals surface area (Å²) in [6.07, 6.45) is 0.991. The molecule has 0 aromatic carbocycles. The molecule has 0 aromatic heterocycles. The molecular weight excluding hydrogens is 132 g/mol. The maximum absolute atomic E-state index is 8.73. The van der Waals surface area contributed by atoms with Crippen LogP contribution < -0.4 is 11.1 Å². The van der Waals surface area contributed by atoms with Gasteiger partial charge in [0.15, 0.2) is 6.35 Å². The molecule has 0 aliphatic carbocycles. The summed E-state index contributed by atoms with van der Waals surface area (Å²) < 4.78 is 5.12. The summed E-state index contributed by atoms with van der Waals surface area (Å²) >= 11 is 0. The van der Waals surface area contributed by atoms with Gasteiger partial charge in [0.1, 0.15) is 0 Å². The Morgan fingerprint density at radius 1 is 1.50 bits per heavy atom. The molecular formula is C6H14N2O2. The quantitative estimate of drug-likeness (QED) is 0.437. The molecule has 0 saturated carbocycles. The average molecular weight is 146 g/mol. The SMILES string of the molecule is NC(O)NC1CCOCC1. The van der Waals surface area contributed by atoms with Crippen molar-refractivity contribution in [2.45, 2.75) is 25.2 Å². The number of hydrogen-bond donors (Lipinski definition) is 3. The van der Waals surface area contributed by atoms with Crippen molar-refractivity contribution >= 4 is 0 Å². The van der Waals surface area contributed by atoms with Gasteiger partial charge in [0.2, 0.25) is 0 Å². The molecule has 0 amide bonds. The van der Waals surface area contributed by atoms with Crippen molar-refractivity contribution in [3.63, 3.8) is 0 Å². The highest BCUT2D eigenvalue weighted by atomic mass is 16.5. The van der Waals surface area contributed by atoms with Crippen molar-refractivity contribution in [1.82, 2.24) is 5.32 Å². The highest BCUT2D eigenvalue weighted by Crippen LogP contribution is 2.05. The molecule has 1 aliphatic heterocycles. The molecule has 1 aliphatic rings. The van der Waals surface area contributed by atoms with E-state index >= 15 is 0 Å². The standard InChI is InChI=1S/C6H14N2O2/c7-6(9)8-5-1-3-10-4-2-5/h5-6,8-9H,1-4,7H2. The summed E-state index contributed by atoms with van der Waals surface area (Å²) in [7, 11) is 0. The number of aliphatic hydroxyl groups is 1. The number of rotatable bonds is 2. The molecule has 0 bridgehead atoms. The van der Waals surface area contributed by atoms with Crippen LogP contribution in [0.2, 0.25) is 0 Å². The third-order valence-corrected chi connectivity index (χ3v) is 1.63. The van der Waals surface area contributed by atoms with Crippen molar-refractivity contribution in [2.75, 3.05) is 13.2 Å². The van der Waals surface area contributed by atoms with Crippen LogP contribution in [0.3, 0.4) is 0 Å². The molecule has 1 saturated heterocycles. The Balaban J connectivity index is 2.13. The van der Waals surface area contributed by atoms with Crippen molar-refractivity contribution in [2.24, 2.45) is 5.73 Å². The topological polar surface area (TPSA) is 67.5 Å². The lowest BCUT2D eigenvalue weighted by molar-refractivity contribution is 0.0514. The number of aliphatic hydroxyl groups excluding tert-OH is 1. The van der Waals surface area contributed by atoms with Crippen molar-refractivity contribution in [1.29, 1.82) is 0 Å². The van der Waals surface area contributed by atoms with Gasteiger partial charge in [-0.25, -0.2) is 0 Å². The van der Waals surface area contributed by atoms with Gasteiger partial charge in [-0.05, 0) is 12.8 Å². The minimum Gasteiger partial charge on any atom is -0.381 e. The van der Waals surface area contributed by atoms with Gasteiger partial charge >= 0.3 is 0 Å². The molecule has 0 radical (unpaired) electrons. The first-order chi connectivity index (χ1) is 4.79. The van der Waals surface area contributed by atoms with Gasteiger partial charge in [0.05, 0.1) is 0 Å². The Labute approximate surface area is 60.4 Å². The van der Waals surface area contributed by atoms with E-state index in [9.17, 15) is 0 Å². The van der Waals surface area contributed by atoms with E-state index in [0.717, 1.165) is 26.1 Å². The van der Waals surface area contributed by atoms with E-state index < -0.39 is 6.35 Å². The monoisotopic (exact) mass is 146 g/mol. The van der Waals surface area contributed by atoms with E-state index in [1.165, 1.54) is 0 Å².